The third-order valence-electron chi connectivity index (χ3n) is 4.35. The maximum Gasteiger partial charge on any atom is 0.254 e. The Morgan fingerprint density at radius 3 is 2.70 bits per heavy atom. The first-order valence-electron chi connectivity index (χ1n) is 8.53. The first-order valence-corrected chi connectivity index (χ1v) is 8.91. The number of aromatic nitrogens is 2. The summed E-state index contributed by atoms with van der Waals surface area (Å²) in [6.07, 6.45) is 1.89. The average Bonchev–Trinajstić information content (AvgIpc) is 3.44. The molecule has 27 heavy (non-hydrogen) atoms. The Morgan fingerprint density at radius 2 is 2.00 bits per heavy atom. The third kappa shape index (κ3) is 3.83. The first kappa shape index (κ1) is 17.3. The van der Waals surface area contributed by atoms with E-state index in [1.807, 2.05) is 0 Å². The van der Waals surface area contributed by atoms with Crippen LogP contribution in [0.4, 0.5) is 0 Å². The number of hydrogen-bond donors (Lipinski definition) is 0. The Hall–Kier alpha value is -3.17. The molecule has 1 saturated carbocycles. The van der Waals surface area contributed by atoms with E-state index in [2.05, 4.69) is 16.3 Å². The molecule has 0 bridgehead atoms. The second-order valence-electron chi connectivity index (χ2n) is 6.36. The molecule has 0 aliphatic heterocycles. The molecule has 1 fully saturated rings. The van der Waals surface area contributed by atoms with Gasteiger partial charge in [0.25, 0.3) is 5.91 Å². The van der Waals surface area contributed by atoms with Crippen molar-refractivity contribution in [2.24, 2.45) is 0 Å². The molecule has 1 amide bonds. The first-order chi connectivity index (χ1) is 13.1. The van der Waals surface area contributed by atoms with Crippen LogP contribution in [0.25, 0.3) is 11.5 Å². The number of halogens is 1. The number of carbonyl (C=O) groups excluding carboxylic acids is 1. The smallest absolute Gasteiger partial charge is 0.254 e. The molecule has 0 saturated heterocycles. The Morgan fingerprint density at radius 1 is 1.22 bits per heavy atom. The zero-order valence-electron chi connectivity index (χ0n) is 14.3. The van der Waals surface area contributed by atoms with Crippen LogP contribution in [-0.4, -0.2) is 27.0 Å². The average molecular weight is 379 g/mol. The second kappa shape index (κ2) is 7.22. The number of nitrogens with zero attached hydrogens (tertiary/aromatic N) is 4. The number of rotatable bonds is 5. The van der Waals surface area contributed by atoms with Crippen LogP contribution in [0.2, 0.25) is 5.02 Å². The van der Waals surface area contributed by atoms with E-state index in [4.69, 9.17) is 21.3 Å². The fourth-order valence-corrected chi connectivity index (χ4v) is 2.94. The summed E-state index contributed by atoms with van der Waals surface area (Å²) in [7, 11) is 0. The molecule has 1 aliphatic carbocycles. The number of hydrogen-bond acceptors (Lipinski definition) is 5. The zero-order chi connectivity index (χ0) is 18.8. The number of benzene rings is 2. The minimum atomic E-state index is -0.138. The van der Waals surface area contributed by atoms with Gasteiger partial charge in [0, 0.05) is 22.2 Å². The quantitative estimate of drug-likeness (QED) is 0.668. The Labute approximate surface area is 161 Å². The van der Waals surface area contributed by atoms with Crippen molar-refractivity contribution in [1.82, 2.24) is 15.1 Å². The normalized spacial score (nSPS) is 13.2. The maximum absolute atomic E-state index is 12.9. The van der Waals surface area contributed by atoms with E-state index >= 15 is 0 Å². The lowest BCUT2D eigenvalue weighted by molar-refractivity contribution is 0.0714. The fraction of sp³-hybridized carbons (Fsp3) is 0.200. The highest BCUT2D eigenvalue weighted by atomic mass is 35.5. The van der Waals surface area contributed by atoms with E-state index in [1.165, 1.54) is 0 Å². The van der Waals surface area contributed by atoms with Crippen LogP contribution in [0.5, 0.6) is 0 Å². The molecule has 1 aromatic heterocycles. The van der Waals surface area contributed by atoms with Crippen molar-refractivity contribution in [2.75, 3.05) is 0 Å². The lowest BCUT2D eigenvalue weighted by Gasteiger charge is -2.20. The van der Waals surface area contributed by atoms with Crippen LogP contribution >= 0.6 is 11.6 Å². The van der Waals surface area contributed by atoms with Crippen molar-refractivity contribution < 1.29 is 9.21 Å². The number of amides is 1. The summed E-state index contributed by atoms with van der Waals surface area (Å²) < 4.78 is 5.74. The molecular weight excluding hydrogens is 364 g/mol. The van der Waals surface area contributed by atoms with E-state index in [0.717, 1.165) is 18.4 Å². The standard InChI is InChI=1S/C20H15ClN4O2/c21-16-6-4-14(5-7-16)19-24-23-18(27-19)12-25(17-8-9-17)20(26)15-3-1-2-13(10-15)11-22/h1-7,10,17H,8-9,12H2. The third-order valence-corrected chi connectivity index (χ3v) is 4.60. The molecule has 0 radical (unpaired) electrons. The summed E-state index contributed by atoms with van der Waals surface area (Å²) in [6, 6.07) is 16.0. The fourth-order valence-electron chi connectivity index (χ4n) is 2.81. The van der Waals surface area contributed by atoms with Gasteiger partial charge in [-0.1, -0.05) is 17.7 Å². The van der Waals surface area contributed by atoms with Gasteiger partial charge in [-0.3, -0.25) is 4.79 Å². The summed E-state index contributed by atoms with van der Waals surface area (Å²) >= 11 is 5.90. The molecule has 1 aliphatic rings. The molecule has 0 unspecified atom stereocenters. The molecule has 0 atom stereocenters. The molecule has 7 heteroatoms. The van der Waals surface area contributed by atoms with Crippen molar-refractivity contribution in [2.45, 2.75) is 25.4 Å². The summed E-state index contributed by atoms with van der Waals surface area (Å²) in [5, 5.41) is 17.8. The molecule has 6 nitrogen and oxygen atoms in total. The van der Waals surface area contributed by atoms with Gasteiger partial charge in [0.1, 0.15) is 0 Å². The van der Waals surface area contributed by atoms with Crippen molar-refractivity contribution in [3.05, 3.63) is 70.6 Å². The molecule has 4 rings (SSSR count). The van der Waals surface area contributed by atoms with Crippen LogP contribution in [-0.2, 0) is 6.54 Å². The van der Waals surface area contributed by atoms with Gasteiger partial charge in [-0.15, -0.1) is 10.2 Å². The van der Waals surface area contributed by atoms with Crippen LogP contribution < -0.4 is 0 Å². The van der Waals surface area contributed by atoms with Crippen molar-refractivity contribution in [3.63, 3.8) is 0 Å². The second-order valence-corrected chi connectivity index (χ2v) is 6.80. The number of nitriles is 1. The van der Waals surface area contributed by atoms with Crippen molar-refractivity contribution in [3.8, 4) is 17.5 Å². The molecule has 1 heterocycles. The van der Waals surface area contributed by atoms with Crippen LogP contribution in [0.3, 0.4) is 0 Å². The van der Waals surface area contributed by atoms with Gasteiger partial charge in [-0.2, -0.15) is 5.26 Å². The topological polar surface area (TPSA) is 83.0 Å². The van der Waals surface area contributed by atoms with Gasteiger partial charge >= 0.3 is 0 Å². The number of carbonyl (C=O) groups is 1. The molecular formula is C20H15ClN4O2. The highest BCUT2D eigenvalue weighted by Gasteiger charge is 2.34. The van der Waals surface area contributed by atoms with E-state index in [9.17, 15) is 4.79 Å². The minimum Gasteiger partial charge on any atom is -0.419 e. The van der Waals surface area contributed by atoms with Crippen molar-refractivity contribution in [1.29, 1.82) is 5.26 Å². The van der Waals surface area contributed by atoms with E-state index in [1.54, 1.807) is 53.4 Å². The predicted octanol–water partition coefficient (Wildman–Crippen LogP) is 4.07. The van der Waals surface area contributed by atoms with Crippen LogP contribution in [0.15, 0.2) is 52.9 Å². The van der Waals surface area contributed by atoms with Gasteiger partial charge in [0.2, 0.25) is 11.8 Å². The van der Waals surface area contributed by atoms with Gasteiger partial charge in [-0.05, 0) is 55.3 Å². The Balaban J connectivity index is 1.55. The molecule has 0 N–H and O–H groups in total. The van der Waals surface area contributed by atoms with E-state index in [-0.39, 0.29) is 18.5 Å². The SMILES string of the molecule is N#Cc1cccc(C(=O)N(Cc2nnc(-c3ccc(Cl)cc3)o2)C2CC2)c1. The Kier molecular flexibility index (Phi) is 4.61. The lowest BCUT2D eigenvalue weighted by atomic mass is 10.1. The highest BCUT2D eigenvalue weighted by Crippen LogP contribution is 2.30. The molecule has 134 valence electrons. The molecule has 3 aromatic rings. The van der Waals surface area contributed by atoms with Gasteiger partial charge in [0.05, 0.1) is 18.2 Å². The van der Waals surface area contributed by atoms with Gasteiger partial charge in [0.15, 0.2) is 0 Å². The summed E-state index contributed by atoms with van der Waals surface area (Å²) in [5.41, 5.74) is 1.71. The van der Waals surface area contributed by atoms with Crippen LogP contribution in [0.1, 0.15) is 34.7 Å². The van der Waals surface area contributed by atoms with Crippen molar-refractivity contribution >= 4 is 17.5 Å². The summed E-state index contributed by atoms with van der Waals surface area (Å²) in [5.74, 6) is 0.619. The van der Waals surface area contributed by atoms with E-state index < -0.39 is 0 Å². The molecule has 2 aromatic carbocycles. The van der Waals surface area contributed by atoms with E-state index in [0.29, 0.717) is 27.9 Å². The monoisotopic (exact) mass is 378 g/mol. The summed E-state index contributed by atoms with van der Waals surface area (Å²) in [6.45, 7) is 0.237. The lowest BCUT2D eigenvalue weighted by Crippen LogP contribution is -2.32. The predicted molar refractivity (Wildman–Crippen MR) is 98.8 cm³/mol. The largest absolute Gasteiger partial charge is 0.419 e. The maximum atomic E-state index is 12.9. The van der Waals surface area contributed by atoms with Gasteiger partial charge in [-0.25, -0.2) is 0 Å². The van der Waals surface area contributed by atoms with Gasteiger partial charge < -0.3 is 9.32 Å². The van der Waals surface area contributed by atoms with Crippen LogP contribution in [0, 0.1) is 11.3 Å². The zero-order valence-corrected chi connectivity index (χ0v) is 15.1. The minimum absolute atomic E-state index is 0.138. The molecule has 0 spiro atoms. The summed E-state index contributed by atoms with van der Waals surface area (Å²) in [4.78, 5) is 14.7. The Bertz CT molecular complexity index is 1020. The highest BCUT2D eigenvalue weighted by molar-refractivity contribution is 6.30.